The smallest absolute Gasteiger partial charge is 0.309 e. The van der Waals surface area contributed by atoms with E-state index in [0.717, 1.165) is 13.0 Å². The van der Waals surface area contributed by atoms with E-state index in [-0.39, 0.29) is 11.9 Å². The summed E-state index contributed by atoms with van der Waals surface area (Å²) in [5.74, 6) is 0.0625. The minimum atomic E-state index is -0.334. The molecule has 2 aliphatic rings. The van der Waals surface area contributed by atoms with Crippen molar-refractivity contribution >= 4 is 52.2 Å². The molecule has 7 nitrogen and oxygen atoms in total. The van der Waals surface area contributed by atoms with E-state index in [1.165, 1.54) is 20.9 Å². The highest BCUT2D eigenvalue weighted by Gasteiger charge is 2.39. The number of carbonyl (C=O) groups excluding carboxylic acids is 2. The van der Waals surface area contributed by atoms with Gasteiger partial charge in [-0.25, -0.2) is 14.7 Å². The van der Waals surface area contributed by atoms with Gasteiger partial charge in [-0.2, -0.15) is 0 Å². The largest absolute Gasteiger partial charge is 0.349 e. The van der Waals surface area contributed by atoms with Gasteiger partial charge in [0.25, 0.3) is 5.91 Å². The molecule has 0 aromatic heterocycles. The number of urea groups is 1. The number of nitrogens with one attached hydrogen (secondary N) is 1. The lowest BCUT2D eigenvalue weighted by atomic mass is 10.2. The SMILES string of the molecule is CN(C)CCCN1NC2=CC(=O)N(c3ccccc3Cl)c3cc(Cl)ccc3N2C1=O. The van der Waals surface area contributed by atoms with Crippen LogP contribution in [0.5, 0.6) is 0 Å². The maximum atomic E-state index is 13.2. The second kappa shape index (κ2) is 8.18. The van der Waals surface area contributed by atoms with Crippen molar-refractivity contribution in [3.63, 3.8) is 0 Å². The maximum absolute atomic E-state index is 13.2. The summed E-state index contributed by atoms with van der Waals surface area (Å²) in [6.07, 6.45) is 2.20. The quantitative estimate of drug-likeness (QED) is 0.748. The second-order valence-electron chi connectivity index (χ2n) is 7.33. The first-order chi connectivity index (χ1) is 14.4. The van der Waals surface area contributed by atoms with Crippen LogP contribution in [0.15, 0.2) is 54.4 Å². The average Bonchev–Trinajstić information content (AvgIpc) is 2.92. The fraction of sp³-hybridized carbons (Fsp3) is 0.238. The Hall–Kier alpha value is -2.74. The minimum Gasteiger partial charge on any atom is -0.309 e. The third-order valence-electron chi connectivity index (χ3n) is 4.89. The number of para-hydroxylation sites is 1. The molecule has 2 aromatic carbocycles. The van der Waals surface area contributed by atoms with Crippen molar-refractivity contribution in [1.29, 1.82) is 0 Å². The predicted molar refractivity (Wildman–Crippen MR) is 119 cm³/mol. The molecule has 0 bridgehead atoms. The molecule has 0 saturated carbocycles. The lowest BCUT2D eigenvalue weighted by Crippen LogP contribution is -2.37. The zero-order chi connectivity index (χ0) is 21.4. The number of halogens is 2. The van der Waals surface area contributed by atoms with Gasteiger partial charge in [0.15, 0.2) is 0 Å². The highest BCUT2D eigenvalue weighted by molar-refractivity contribution is 6.35. The number of hydrogen-bond acceptors (Lipinski definition) is 4. The van der Waals surface area contributed by atoms with Gasteiger partial charge in [-0.3, -0.25) is 15.1 Å². The molecule has 2 aromatic rings. The van der Waals surface area contributed by atoms with E-state index in [0.29, 0.717) is 39.5 Å². The first-order valence-electron chi connectivity index (χ1n) is 9.49. The summed E-state index contributed by atoms with van der Waals surface area (Å²) < 4.78 is 0. The van der Waals surface area contributed by atoms with Gasteiger partial charge in [-0.15, -0.1) is 0 Å². The van der Waals surface area contributed by atoms with Crippen LogP contribution >= 0.6 is 23.2 Å². The van der Waals surface area contributed by atoms with E-state index in [4.69, 9.17) is 23.2 Å². The zero-order valence-electron chi connectivity index (χ0n) is 16.6. The number of fused-ring (bicyclic) bond motifs is 3. The summed E-state index contributed by atoms with van der Waals surface area (Å²) in [6, 6.07) is 11.9. The summed E-state index contributed by atoms with van der Waals surface area (Å²) in [5.41, 5.74) is 4.61. The Labute approximate surface area is 185 Å². The van der Waals surface area contributed by atoms with Crippen LogP contribution in [-0.2, 0) is 4.79 Å². The Bertz CT molecular complexity index is 1040. The van der Waals surface area contributed by atoms with Gasteiger partial charge < -0.3 is 4.90 Å². The van der Waals surface area contributed by atoms with Gasteiger partial charge in [0.1, 0.15) is 5.82 Å². The lowest BCUT2D eigenvalue weighted by molar-refractivity contribution is -0.113. The van der Waals surface area contributed by atoms with Crippen molar-refractivity contribution < 1.29 is 9.59 Å². The molecule has 3 amide bonds. The fourth-order valence-electron chi connectivity index (χ4n) is 3.53. The third-order valence-corrected chi connectivity index (χ3v) is 5.45. The molecule has 9 heteroatoms. The van der Waals surface area contributed by atoms with E-state index in [2.05, 4.69) is 10.3 Å². The first kappa shape index (κ1) is 20.5. The van der Waals surface area contributed by atoms with Gasteiger partial charge >= 0.3 is 6.03 Å². The number of hydrazine groups is 1. The van der Waals surface area contributed by atoms with Crippen LogP contribution in [0.25, 0.3) is 0 Å². The highest BCUT2D eigenvalue weighted by atomic mass is 35.5. The number of amides is 3. The van der Waals surface area contributed by atoms with Crippen molar-refractivity contribution in [2.45, 2.75) is 6.42 Å². The monoisotopic (exact) mass is 445 g/mol. The zero-order valence-corrected chi connectivity index (χ0v) is 18.1. The Morgan fingerprint density at radius 1 is 0.967 bits per heavy atom. The molecule has 1 fully saturated rings. The van der Waals surface area contributed by atoms with Crippen molar-refractivity contribution in [3.8, 4) is 0 Å². The molecule has 0 aliphatic carbocycles. The lowest BCUT2D eigenvalue weighted by Gasteiger charge is -2.25. The Morgan fingerprint density at radius 2 is 1.73 bits per heavy atom. The van der Waals surface area contributed by atoms with E-state index in [1.807, 2.05) is 14.1 Å². The van der Waals surface area contributed by atoms with Crippen LogP contribution in [0.4, 0.5) is 21.9 Å². The molecule has 30 heavy (non-hydrogen) atoms. The molecule has 0 radical (unpaired) electrons. The summed E-state index contributed by atoms with van der Waals surface area (Å²) in [6.45, 7) is 1.35. The number of anilines is 3. The Morgan fingerprint density at radius 3 is 2.47 bits per heavy atom. The van der Waals surface area contributed by atoms with E-state index < -0.39 is 0 Å². The van der Waals surface area contributed by atoms with Gasteiger partial charge in [0.05, 0.1) is 22.1 Å². The van der Waals surface area contributed by atoms with Crippen molar-refractivity contribution in [1.82, 2.24) is 15.3 Å². The molecule has 0 unspecified atom stereocenters. The van der Waals surface area contributed by atoms with Gasteiger partial charge in [0.2, 0.25) is 0 Å². The number of hydrogen-bond donors (Lipinski definition) is 1. The molecular weight excluding hydrogens is 425 g/mol. The number of benzene rings is 2. The minimum absolute atomic E-state index is 0.252. The molecule has 2 aliphatic heterocycles. The van der Waals surface area contributed by atoms with Crippen LogP contribution in [0, 0.1) is 0 Å². The summed E-state index contributed by atoms with van der Waals surface area (Å²) in [4.78, 5) is 31.4. The molecule has 1 saturated heterocycles. The summed E-state index contributed by atoms with van der Waals surface area (Å²) in [5, 5.41) is 2.39. The maximum Gasteiger partial charge on any atom is 0.349 e. The first-order valence-corrected chi connectivity index (χ1v) is 10.3. The topological polar surface area (TPSA) is 59.1 Å². The van der Waals surface area contributed by atoms with Gasteiger partial charge in [0, 0.05) is 17.6 Å². The van der Waals surface area contributed by atoms with E-state index >= 15 is 0 Å². The van der Waals surface area contributed by atoms with Crippen molar-refractivity contribution in [2.75, 3.05) is 37.0 Å². The van der Waals surface area contributed by atoms with E-state index in [1.54, 1.807) is 42.5 Å². The molecule has 0 atom stereocenters. The molecule has 156 valence electrons. The van der Waals surface area contributed by atoms with Crippen LogP contribution in [0.3, 0.4) is 0 Å². The van der Waals surface area contributed by atoms with Crippen LogP contribution in [0.1, 0.15) is 6.42 Å². The highest BCUT2D eigenvalue weighted by Crippen LogP contribution is 2.43. The van der Waals surface area contributed by atoms with Gasteiger partial charge in [-0.05, 0) is 57.4 Å². The van der Waals surface area contributed by atoms with E-state index in [9.17, 15) is 9.59 Å². The van der Waals surface area contributed by atoms with Crippen LogP contribution < -0.4 is 15.2 Å². The fourth-order valence-corrected chi connectivity index (χ4v) is 3.92. The molecule has 2 heterocycles. The number of rotatable bonds is 5. The molecule has 4 rings (SSSR count). The second-order valence-corrected chi connectivity index (χ2v) is 8.17. The van der Waals surface area contributed by atoms with Crippen LogP contribution in [-0.4, -0.2) is 49.0 Å². The standard InChI is InChI=1S/C21H21Cl2N5O2/c1-25(2)10-5-11-26-21(30)28-17-9-8-14(22)12-18(17)27(20(29)13-19(28)24-26)16-7-4-3-6-15(16)23/h3-4,6-9,12-13,24H,5,10-11H2,1-2H3. The molecule has 0 spiro atoms. The molecule has 1 N–H and O–H groups in total. The average molecular weight is 446 g/mol. The van der Waals surface area contributed by atoms with Crippen molar-refractivity contribution in [2.24, 2.45) is 0 Å². The summed E-state index contributed by atoms with van der Waals surface area (Å²) in [7, 11) is 3.97. The number of nitrogens with zero attached hydrogens (tertiary/aromatic N) is 4. The van der Waals surface area contributed by atoms with Gasteiger partial charge in [-0.1, -0.05) is 35.3 Å². The number of carbonyl (C=O) groups is 2. The van der Waals surface area contributed by atoms with Crippen LogP contribution in [0.2, 0.25) is 10.0 Å². The van der Waals surface area contributed by atoms with Crippen molar-refractivity contribution in [3.05, 3.63) is 64.4 Å². The summed E-state index contributed by atoms with van der Waals surface area (Å²) >= 11 is 12.6. The third kappa shape index (κ3) is 3.71. The normalized spacial score (nSPS) is 15.8. The predicted octanol–water partition coefficient (Wildman–Crippen LogP) is 4.21. The Kier molecular flexibility index (Phi) is 5.60. The Balaban J connectivity index is 1.77. The molecular formula is C21H21Cl2N5O2.